The Hall–Kier alpha value is -3.40. The van der Waals surface area contributed by atoms with Crippen molar-refractivity contribution in [3.63, 3.8) is 0 Å². The lowest BCUT2D eigenvalue weighted by Gasteiger charge is -2.23. The molecule has 0 saturated carbocycles. The van der Waals surface area contributed by atoms with E-state index in [4.69, 9.17) is 0 Å². The Morgan fingerprint density at radius 1 is 1.10 bits per heavy atom. The molecule has 1 fully saturated rings. The maximum atomic E-state index is 13.9. The van der Waals surface area contributed by atoms with Gasteiger partial charge >= 0.3 is 6.03 Å². The topological polar surface area (TPSA) is 87.2 Å². The predicted octanol–water partition coefficient (Wildman–Crippen LogP) is 4.75. The SMILES string of the molecule is Cc1ccc(NC(=O)c2nnc([C@@H]3CCCN3C(=O)Nc3cc(F)ccc3F)s2)cc1. The molecule has 1 aliphatic heterocycles. The normalized spacial score (nSPS) is 15.7. The van der Waals surface area contributed by atoms with Crippen molar-refractivity contribution in [1.29, 1.82) is 0 Å². The standard InChI is InChI=1S/C21H19F2N5O2S/c1-12-4-7-14(8-5-12)24-18(29)20-27-26-19(31-20)17-3-2-10-28(17)21(30)25-16-11-13(22)6-9-15(16)23/h4-9,11,17H,2-3,10H2,1H3,(H,24,29)(H,25,30)/t17-/m0/s1. The number of rotatable bonds is 4. The van der Waals surface area contributed by atoms with E-state index in [2.05, 4.69) is 20.8 Å². The number of hydrogen-bond donors (Lipinski definition) is 2. The largest absolute Gasteiger partial charge is 0.322 e. The first kappa shape index (κ1) is 20.9. The van der Waals surface area contributed by atoms with Gasteiger partial charge in [-0.2, -0.15) is 0 Å². The summed E-state index contributed by atoms with van der Waals surface area (Å²) in [7, 11) is 0. The van der Waals surface area contributed by atoms with Crippen LogP contribution in [0.5, 0.6) is 0 Å². The molecule has 7 nitrogen and oxygen atoms in total. The Bertz CT molecular complexity index is 1120. The monoisotopic (exact) mass is 443 g/mol. The average molecular weight is 443 g/mol. The molecule has 0 bridgehead atoms. The molecule has 3 aromatic rings. The van der Waals surface area contributed by atoms with Crippen LogP contribution in [-0.2, 0) is 0 Å². The van der Waals surface area contributed by atoms with Crippen molar-refractivity contribution < 1.29 is 18.4 Å². The zero-order chi connectivity index (χ0) is 22.0. The van der Waals surface area contributed by atoms with Gasteiger partial charge in [0.2, 0.25) is 5.01 Å². The highest BCUT2D eigenvalue weighted by Gasteiger charge is 2.33. The fraction of sp³-hybridized carbons (Fsp3) is 0.238. The number of anilines is 2. The summed E-state index contributed by atoms with van der Waals surface area (Å²) in [5.41, 5.74) is 1.49. The molecule has 0 radical (unpaired) electrons. The van der Waals surface area contributed by atoms with Crippen molar-refractivity contribution in [3.8, 4) is 0 Å². The molecule has 31 heavy (non-hydrogen) atoms. The number of nitrogens with zero attached hydrogens (tertiary/aromatic N) is 3. The molecule has 2 N–H and O–H groups in total. The summed E-state index contributed by atoms with van der Waals surface area (Å²) in [5.74, 6) is -1.76. The first-order valence-corrected chi connectivity index (χ1v) is 10.5. The van der Waals surface area contributed by atoms with Crippen LogP contribution < -0.4 is 10.6 Å². The summed E-state index contributed by atoms with van der Waals surface area (Å²) in [4.78, 5) is 26.6. The molecule has 0 spiro atoms. The summed E-state index contributed by atoms with van der Waals surface area (Å²) < 4.78 is 27.3. The van der Waals surface area contributed by atoms with E-state index in [-0.39, 0.29) is 16.6 Å². The van der Waals surface area contributed by atoms with Gasteiger partial charge in [0.05, 0.1) is 11.7 Å². The van der Waals surface area contributed by atoms with E-state index in [0.29, 0.717) is 30.1 Å². The van der Waals surface area contributed by atoms with Gasteiger partial charge < -0.3 is 15.5 Å². The van der Waals surface area contributed by atoms with Crippen molar-refractivity contribution in [2.24, 2.45) is 0 Å². The third-order valence-corrected chi connectivity index (χ3v) is 5.94. The second-order valence-corrected chi connectivity index (χ2v) is 8.18. The Kier molecular flexibility index (Phi) is 5.90. The van der Waals surface area contributed by atoms with Gasteiger partial charge in [-0.3, -0.25) is 4.79 Å². The van der Waals surface area contributed by atoms with Gasteiger partial charge in [0.1, 0.15) is 16.6 Å². The van der Waals surface area contributed by atoms with Gasteiger partial charge in [-0.1, -0.05) is 29.0 Å². The Morgan fingerprint density at radius 3 is 2.65 bits per heavy atom. The number of amides is 3. The van der Waals surface area contributed by atoms with Crippen molar-refractivity contribution in [2.45, 2.75) is 25.8 Å². The summed E-state index contributed by atoms with van der Waals surface area (Å²) in [6.07, 6.45) is 1.35. The number of likely N-dealkylation sites (tertiary alicyclic amines) is 1. The molecule has 4 rings (SSSR count). The maximum Gasteiger partial charge on any atom is 0.322 e. The lowest BCUT2D eigenvalue weighted by molar-refractivity contribution is 0.102. The molecule has 0 unspecified atom stereocenters. The van der Waals surface area contributed by atoms with Crippen LogP contribution >= 0.6 is 11.3 Å². The number of aromatic nitrogens is 2. The van der Waals surface area contributed by atoms with E-state index in [9.17, 15) is 18.4 Å². The molecular weight excluding hydrogens is 424 g/mol. The Morgan fingerprint density at radius 2 is 1.87 bits per heavy atom. The van der Waals surface area contributed by atoms with Crippen LogP contribution in [0.2, 0.25) is 0 Å². The first-order valence-electron chi connectivity index (χ1n) is 9.65. The van der Waals surface area contributed by atoms with Gasteiger partial charge in [0.15, 0.2) is 0 Å². The molecule has 1 atom stereocenters. The Balaban J connectivity index is 1.45. The van der Waals surface area contributed by atoms with E-state index in [0.717, 1.165) is 35.1 Å². The summed E-state index contributed by atoms with van der Waals surface area (Å²) in [6.45, 7) is 2.38. The molecule has 160 valence electrons. The third-order valence-electron chi connectivity index (χ3n) is 4.91. The van der Waals surface area contributed by atoms with Gasteiger partial charge in [0, 0.05) is 18.3 Å². The van der Waals surface area contributed by atoms with Gasteiger partial charge in [-0.15, -0.1) is 10.2 Å². The number of urea groups is 1. The summed E-state index contributed by atoms with van der Waals surface area (Å²) in [5, 5.41) is 13.9. The number of carbonyl (C=O) groups excluding carboxylic acids is 2. The molecular formula is C21H19F2N5O2S. The molecule has 1 aliphatic rings. The zero-order valence-corrected chi connectivity index (χ0v) is 17.4. The minimum atomic E-state index is -0.725. The fourth-order valence-corrected chi connectivity index (χ4v) is 4.22. The van der Waals surface area contributed by atoms with E-state index in [1.54, 1.807) is 12.1 Å². The second kappa shape index (κ2) is 8.76. The average Bonchev–Trinajstić information content (AvgIpc) is 3.42. The van der Waals surface area contributed by atoms with Gasteiger partial charge in [0.25, 0.3) is 5.91 Å². The summed E-state index contributed by atoms with van der Waals surface area (Å²) in [6, 6.07) is 9.27. The molecule has 10 heteroatoms. The van der Waals surface area contributed by atoms with Crippen LogP contribution in [0, 0.1) is 18.6 Å². The van der Waals surface area contributed by atoms with Gasteiger partial charge in [-0.25, -0.2) is 13.6 Å². The fourth-order valence-electron chi connectivity index (χ4n) is 3.33. The minimum absolute atomic E-state index is 0.180. The molecule has 1 saturated heterocycles. The van der Waals surface area contributed by atoms with Crippen LogP contribution in [0.4, 0.5) is 25.0 Å². The second-order valence-electron chi connectivity index (χ2n) is 7.17. The Labute approximate surface area is 181 Å². The van der Waals surface area contributed by atoms with Crippen molar-refractivity contribution in [1.82, 2.24) is 15.1 Å². The number of benzene rings is 2. The molecule has 2 aromatic carbocycles. The quantitative estimate of drug-likeness (QED) is 0.609. The maximum absolute atomic E-state index is 13.9. The highest BCUT2D eigenvalue weighted by atomic mass is 32.1. The van der Waals surface area contributed by atoms with Crippen LogP contribution in [0.15, 0.2) is 42.5 Å². The van der Waals surface area contributed by atoms with E-state index in [1.165, 1.54) is 4.90 Å². The van der Waals surface area contributed by atoms with Crippen molar-refractivity contribution in [2.75, 3.05) is 17.2 Å². The summed E-state index contributed by atoms with van der Waals surface area (Å²) >= 11 is 1.10. The highest BCUT2D eigenvalue weighted by molar-refractivity contribution is 7.13. The number of aryl methyl sites for hydroxylation is 1. The lowest BCUT2D eigenvalue weighted by Crippen LogP contribution is -2.34. The van der Waals surface area contributed by atoms with Gasteiger partial charge in [-0.05, 0) is 44.0 Å². The minimum Gasteiger partial charge on any atom is -0.320 e. The van der Waals surface area contributed by atoms with Crippen LogP contribution in [-0.4, -0.2) is 33.6 Å². The number of hydrogen-bond acceptors (Lipinski definition) is 5. The van der Waals surface area contributed by atoms with E-state index >= 15 is 0 Å². The molecule has 0 aliphatic carbocycles. The highest BCUT2D eigenvalue weighted by Crippen LogP contribution is 2.34. The van der Waals surface area contributed by atoms with Crippen molar-refractivity contribution >= 4 is 34.6 Å². The lowest BCUT2D eigenvalue weighted by atomic mass is 10.2. The number of carbonyl (C=O) groups is 2. The van der Waals surface area contributed by atoms with E-state index < -0.39 is 23.7 Å². The van der Waals surface area contributed by atoms with Crippen molar-refractivity contribution in [3.05, 3.63) is 69.7 Å². The van der Waals surface area contributed by atoms with Crippen LogP contribution in [0.25, 0.3) is 0 Å². The van der Waals surface area contributed by atoms with Crippen LogP contribution in [0.3, 0.4) is 0 Å². The van der Waals surface area contributed by atoms with E-state index in [1.807, 2.05) is 19.1 Å². The zero-order valence-electron chi connectivity index (χ0n) is 16.6. The molecule has 2 heterocycles. The number of nitrogens with one attached hydrogen (secondary N) is 2. The smallest absolute Gasteiger partial charge is 0.320 e. The number of halogens is 2. The third kappa shape index (κ3) is 4.69. The molecule has 3 amide bonds. The van der Waals surface area contributed by atoms with Crippen LogP contribution in [0.1, 0.15) is 39.3 Å². The predicted molar refractivity (Wildman–Crippen MR) is 113 cm³/mol. The molecule has 1 aromatic heterocycles. The first-order chi connectivity index (χ1) is 14.9.